The summed E-state index contributed by atoms with van der Waals surface area (Å²) in [6.07, 6.45) is 0. The second kappa shape index (κ2) is 6.17. The number of carbonyl (C=O) groups excluding carboxylic acids is 1. The highest BCUT2D eigenvalue weighted by Crippen LogP contribution is 2.19. The Kier molecular flexibility index (Phi) is 5.15. The molecule has 0 spiro atoms. The minimum Gasteiger partial charge on any atom is -0.395 e. The first-order chi connectivity index (χ1) is 7.97. The Labute approximate surface area is 111 Å². The van der Waals surface area contributed by atoms with E-state index in [2.05, 4.69) is 15.9 Å². The van der Waals surface area contributed by atoms with E-state index >= 15 is 0 Å². The van der Waals surface area contributed by atoms with E-state index in [0.29, 0.717) is 12.1 Å². The van der Waals surface area contributed by atoms with E-state index in [-0.39, 0.29) is 18.6 Å². The van der Waals surface area contributed by atoms with Crippen molar-refractivity contribution in [1.82, 2.24) is 4.90 Å². The van der Waals surface area contributed by atoms with Crippen molar-refractivity contribution >= 4 is 21.8 Å². The van der Waals surface area contributed by atoms with Crippen molar-refractivity contribution in [1.29, 1.82) is 0 Å². The van der Waals surface area contributed by atoms with Crippen molar-refractivity contribution in [3.63, 3.8) is 0 Å². The highest BCUT2D eigenvalue weighted by molar-refractivity contribution is 9.10. The lowest BCUT2D eigenvalue weighted by Crippen LogP contribution is -2.39. The van der Waals surface area contributed by atoms with Crippen LogP contribution in [-0.2, 0) is 0 Å². The minimum absolute atomic E-state index is 0.0169. The van der Waals surface area contributed by atoms with Crippen LogP contribution >= 0.6 is 15.9 Å². The first kappa shape index (κ1) is 14.2. The molecular formula is C13H18BrNO2. The number of hydrogen-bond acceptors (Lipinski definition) is 2. The van der Waals surface area contributed by atoms with Crippen molar-refractivity contribution in [3.8, 4) is 0 Å². The third-order valence-corrected chi connectivity index (χ3v) is 3.50. The van der Waals surface area contributed by atoms with Gasteiger partial charge in [-0.15, -0.1) is 0 Å². The number of aliphatic hydroxyl groups is 1. The maximum absolute atomic E-state index is 12.2. The molecule has 0 fully saturated rings. The summed E-state index contributed by atoms with van der Waals surface area (Å²) in [5.74, 6) is -0.0465. The number of benzene rings is 1. The molecule has 0 bridgehead atoms. The van der Waals surface area contributed by atoms with Gasteiger partial charge in [0.15, 0.2) is 0 Å². The summed E-state index contributed by atoms with van der Waals surface area (Å²) < 4.78 is 0.927. The van der Waals surface area contributed by atoms with Crippen LogP contribution in [0.5, 0.6) is 0 Å². The van der Waals surface area contributed by atoms with Crippen LogP contribution < -0.4 is 0 Å². The van der Waals surface area contributed by atoms with Gasteiger partial charge in [-0.1, -0.05) is 22.0 Å². The number of aryl methyl sites for hydroxylation is 1. The molecule has 1 aromatic rings. The molecule has 3 nitrogen and oxygen atoms in total. The summed E-state index contributed by atoms with van der Waals surface area (Å²) in [6.45, 7) is 6.21. The van der Waals surface area contributed by atoms with Crippen LogP contribution in [-0.4, -0.2) is 35.1 Å². The van der Waals surface area contributed by atoms with Gasteiger partial charge in [0.25, 0.3) is 5.91 Å². The van der Waals surface area contributed by atoms with Crippen LogP contribution in [0.4, 0.5) is 0 Å². The van der Waals surface area contributed by atoms with Gasteiger partial charge < -0.3 is 10.0 Å². The van der Waals surface area contributed by atoms with E-state index in [4.69, 9.17) is 5.11 Å². The largest absolute Gasteiger partial charge is 0.395 e. The first-order valence-corrected chi connectivity index (χ1v) is 6.44. The van der Waals surface area contributed by atoms with Crippen molar-refractivity contribution in [2.45, 2.75) is 26.8 Å². The lowest BCUT2D eigenvalue weighted by molar-refractivity contribution is 0.0665. The number of hydrogen-bond donors (Lipinski definition) is 1. The quantitative estimate of drug-likeness (QED) is 0.928. The van der Waals surface area contributed by atoms with Crippen LogP contribution in [0.3, 0.4) is 0 Å². The van der Waals surface area contributed by atoms with Gasteiger partial charge in [-0.25, -0.2) is 0 Å². The molecule has 1 rings (SSSR count). The predicted octanol–water partition coefficient (Wildman–Crippen LogP) is 2.60. The summed E-state index contributed by atoms with van der Waals surface area (Å²) in [7, 11) is 0. The van der Waals surface area contributed by atoms with Crippen LogP contribution in [0.2, 0.25) is 0 Å². The number of amides is 1. The Bertz CT molecular complexity index is 404. The molecule has 0 aliphatic carbocycles. The maximum atomic E-state index is 12.2. The zero-order valence-electron chi connectivity index (χ0n) is 10.4. The Balaban J connectivity index is 2.97. The second-order valence-corrected chi connectivity index (χ2v) is 5.13. The third kappa shape index (κ3) is 3.54. The van der Waals surface area contributed by atoms with Crippen molar-refractivity contribution in [3.05, 3.63) is 33.8 Å². The number of carbonyl (C=O) groups is 1. The van der Waals surface area contributed by atoms with Crippen molar-refractivity contribution in [2.24, 2.45) is 0 Å². The lowest BCUT2D eigenvalue weighted by Gasteiger charge is -2.26. The van der Waals surface area contributed by atoms with Gasteiger partial charge in [0.2, 0.25) is 0 Å². The molecule has 0 radical (unpaired) electrons. The van der Waals surface area contributed by atoms with E-state index in [1.165, 1.54) is 0 Å². The smallest absolute Gasteiger partial charge is 0.254 e. The van der Waals surface area contributed by atoms with Crippen LogP contribution in [0, 0.1) is 6.92 Å². The number of rotatable bonds is 4. The van der Waals surface area contributed by atoms with Crippen molar-refractivity contribution in [2.75, 3.05) is 13.2 Å². The standard InChI is InChI=1S/C13H18BrNO2/c1-9(2)15(6-7-16)13(17)11-5-4-10(3)12(14)8-11/h4-5,8-9,16H,6-7H2,1-3H3. The average Bonchev–Trinajstić information content (AvgIpc) is 2.28. The number of nitrogens with zero attached hydrogens (tertiary/aromatic N) is 1. The van der Waals surface area contributed by atoms with Gasteiger partial charge >= 0.3 is 0 Å². The van der Waals surface area contributed by atoms with E-state index in [0.717, 1.165) is 10.0 Å². The van der Waals surface area contributed by atoms with Crippen LogP contribution in [0.15, 0.2) is 22.7 Å². The highest BCUT2D eigenvalue weighted by atomic mass is 79.9. The second-order valence-electron chi connectivity index (χ2n) is 4.28. The molecule has 1 aromatic carbocycles. The average molecular weight is 300 g/mol. The molecule has 1 N–H and O–H groups in total. The summed E-state index contributed by atoms with van der Waals surface area (Å²) in [4.78, 5) is 13.9. The van der Waals surface area contributed by atoms with Gasteiger partial charge in [-0.3, -0.25) is 4.79 Å². The number of halogens is 1. The molecule has 17 heavy (non-hydrogen) atoms. The fourth-order valence-electron chi connectivity index (χ4n) is 1.59. The van der Waals surface area contributed by atoms with Crippen LogP contribution in [0.1, 0.15) is 29.8 Å². The maximum Gasteiger partial charge on any atom is 0.254 e. The van der Waals surface area contributed by atoms with E-state index < -0.39 is 0 Å². The Morgan fingerprint density at radius 3 is 2.59 bits per heavy atom. The highest BCUT2D eigenvalue weighted by Gasteiger charge is 2.18. The monoisotopic (exact) mass is 299 g/mol. The first-order valence-electron chi connectivity index (χ1n) is 5.65. The third-order valence-electron chi connectivity index (χ3n) is 2.64. The van der Waals surface area contributed by atoms with E-state index in [9.17, 15) is 4.79 Å². The molecule has 0 aliphatic heterocycles. The zero-order chi connectivity index (χ0) is 13.0. The molecule has 0 saturated carbocycles. The molecule has 0 unspecified atom stereocenters. The Hall–Kier alpha value is -0.870. The number of aliphatic hydroxyl groups excluding tert-OH is 1. The van der Waals surface area contributed by atoms with Gasteiger partial charge in [-0.2, -0.15) is 0 Å². The van der Waals surface area contributed by atoms with Gasteiger partial charge in [-0.05, 0) is 38.5 Å². The molecule has 4 heteroatoms. The molecule has 0 heterocycles. The molecule has 0 atom stereocenters. The Morgan fingerprint density at radius 2 is 2.12 bits per heavy atom. The fraction of sp³-hybridized carbons (Fsp3) is 0.462. The molecule has 0 saturated heterocycles. The normalized spacial score (nSPS) is 10.7. The fourth-order valence-corrected chi connectivity index (χ4v) is 1.97. The molecule has 1 amide bonds. The predicted molar refractivity (Wildman–Crippen MR) is 72.1 cm³/mol. The minimum atomic E-state index is -0.0465. The molecule has 94 valence electrons. The van der Waals surface area contributed by atoms with E-state index in [1.54, 1.807) is 4.90 Å². The molecular weight excluding hydrogens is 282 g/mol. The SMILES string of the molecule is Cc1ccc(C(=O)N(CCO)C(C)C)cc1Br. The summed E-state index contributed by atoms with van der Waals surface area (Å²) in [5, 5.41) is 8.98. The molecule has 0 aliphatic rings. The van der Waals surface area contributed by atoms with Gasteiger partial charge in [0.05, 0.1) is 6.61 Å². The summed E-state index contributed by atoms with van der Waals surface area (Å²) in [5.41, 5.74) is 1.74. The summed E-state index contributed by atoms with van der Waals surface area (Å²) in [6, 6.07) is 5.63. The topological polar surface area (TPSA) is 40.5 Å². The van der Waals surface area contributed by atoms with Crippen molar-refractivity contribution < 1.29 is 9.90 Å². The molecule has 0 aromatic heterocycles. The van der Waals surface area contributed by atoms with Gasteiger partial charge in [0.1, 0.15) is 0 Å². The van der Waals surface area contributed by atoms with Crippen LogP contribution in [0.25, 0.3) is 0 Å². The van der Waals surface area contributed by atoms with E-state index in [1.807, 2.05) is 39.0 Å². The lowest BCUT2D eigenvalue weighted by atomic mass is 10.1. The Morgan fingerprint density at radius 1 is 1.47 bits per heavy atom. The zero-order valence-corrected chi connectivity index (χ0v) is 12.0. The summed E-state index contributed by atoms with van der Waals surface area (Å²) >= 11 is 3.42. The van der Waals surface area contributed by atoms with Gasteiger partial charge in [0, 0.05) is 22.6 Å².